The summed E-state index contributed by atoms with van der Waals surface area (Å²) in [7, 11) is 0. The first kappa shape index (κ1) is 29.1. The molecule has 2 aliphatic carbocycles. The summed E-state index contributed by atoms with van der Waals surface area (Å²) in [5.41, 5.74) is 17.7. The van der Waals surface area contributed by atoms with Gasteiger partial charge >= 0.3 is 0 Å². The standard InChI is InChI=1S/C48H38N2/c1-47(2)40-21-11-9-18-35(40)39-29-32(26-28-42(39)47)49(44-24-14-20-38-34-17-8-12-22-41(34)48(3,4)46(38)44)33-25-27-37-36-19-10-13-23-43(36)50(45(37)30-33)31-15-6-5-7-16-31/h5-30H,1-4H3. The van der Waals surface area contributed by atoms with Gasteiger partial charge in [-0.25, -0.2) is 0 Å². The van der Waals surface area contributed by atoms with E-state index < -0.39 is 0 Å². The van der Waals surface area contributed by atoms with Gasteiger partial charge in [0.25, 0.3) is 0 Å². The number of para-hydroxylation sites is 2. The zero-order valence-electron chi connectivity index (χ0n) is 28.9. The average molecular weight is 643 g/mol. The molecule has 7 aromatic carbocycles. The number of anilines is 3. The number of fused-ring (bicyclic) bond motifs is 9. The summed E-state index contributed by atoms with van der Waals surface area (Å²) in [4.78, 5) is 2.52. The maximum atomic E-state index is 2.52. The lowest BCUT2D eigenvalue weighted by Gasteiger charge is -2.32. The largest absolute Gasteiger partial charge is 0.310 e. The third kappa shape index (κ3) is 3.91. The van der Waals surface area contributed by atoms with Gasteiger partial charge in [0.1, 0.15) is 0 Å². The third-order valence-electron chi connectivity index (χ3n) is 11.6. The average Bonchev–Trinajstić information content (AvgIpc) is 3.69. The maximum absolute atomic E-state index is 2.52. The van der Waals surface area contributed by atoms with Crippen molar-refractivity contribution in [2.75, 3.05) is 4.90 Å². The molecule has 1 heterocycles. The van der Waals surface area contributed by atoms with Crippen molar-refractivity contribution < 1.29 is 0 Å². The van der Waals surface area contributed by atoms with E-state index in [9.17, 15) is 0 Å². The molecular weight excluding hydrogens is 605 g/mol. The quantitative estimate of drug-likeness (QED) is 0.185. The molecule has 0 saturated carbocycles. The fourth-order valence-corrected chi connectivity index (χ4v) is 9.23. The van der Waals surface area contributed by atoms with E-state index in [4.69, 9.17) is 0 Å². The molecule has 10 rings (SSSR count). The third-order valence-corrected chi connectivity index (χ3v) is 11.6. The van der Waals surface area contributed by atoms with Crippen LogP contribution in [0.15, 0.2) is 158 Å². The predicted molar refractivity (Wildman–Crippen MR) is 211 cm³/mol. The molecule has 0 unspecified atom stereocenters. The van der Waals surface area contributed by atoms with Crippen LogP contribution in [0.4, 0.5) is 17.1 Å². The zero-order chi connectivity index (χ0) is 33.8. The Morgan fingerprint density at radius 2 is 1.00 bits per heavy atom. The number of benzene rings is 7. The van der Waals surface area contributed by atoms with Gasteiger partial charge in [-0.2, -0.15) is 0 Å². The maximum Gasteiger partial charge on any atom is 0.0561 e. The van der Waals surface area contributed by atoms with E-state index in [1.807, 2.05) is 0 Å². The minimum absolute atomic E-state index is 0.0531. The van der Waals surface area contributed by atoms with Gasteiger partial charge in [-0.1, -0.05) is 137 Å². The highest BCUT2D eigenvalue weighted by Gasteiger charge is 2.40. The van der Waals surface area contributed by atoms with Crippen LogP contribution in [-0.4, -0.2) is 4.57 Å². The normalized spacial score (nSPS) is 14.7. The Hall–Kier alpha value is -5.86. The highest BCUT2D eigenvalue weighted by Crippen LogP contribution is 2.56. The van der Waals surface area contributed by atoms with Crippen LogP contribution < -0.4 is 4.90 Å². The fourth-order valence-electron chi connectivity index (χ4n) is 9.23. The van der Waals surface area contributed by atoms with Crippen molar-refractivity contribution in [1.29, 1.82) is 0 Å². The van der Waals surface area contributed by atoms with Gasteiger partial charge in [-0.05, 0) is 93.0 Å². The van der Waals surface area contributed by atoms with E-state index in [1.54, 1.807) is 0 Å². The number of hydrogen-bond acceptors (Lipinski definition) is 1. The van der Waals surface area contributed by atoms with Gasteiger partial charge in [-0.3, -0.25) is 0 Å². The van der Waals surface area contributed by atoms with Crippen molar-refractivity contribution in [2.45, 2.75) is 38.5 Å². The highest BCUT2D eigenvalue weighted by molar-refractivity contribution is 6.10. The smallest absolute Gasteiger partial charge is 0.0561 e. The summed E-state index contributed by atoms with van der Waals surface area (Å²) in [6.45, 7) is 9.49. The van der Waals surface area contributed by atoms with Crippen LogP contribution in [0.1, 0.15) is 49.9 Å². The Labute approximate surface area is 293 Å². The van der Waals surface area contributed by atoms with Crippen molar-refractivity contribution >= 4 is 38.9 Å². The van der Waals surface area contributed by atoms with Crippen molar-refractivity contribution in [3.8, 4) is 27.9 Å². The number of rotatable bonds is 4. The zero-order valence-corrected chi connectivity index (χ0v) is 28.9. The lowest BCUT2D eigenvalue weighted by molar-refractivity contribution is 0.660. The molecule has 0 atom stereocenters. The van der Waals surface area contributed by atoms with Crippen molar-refractivity contribution in [3.05, 3.63) is 180 Å². The molecule has 2 aliphatic rings. The van der Waals surface area contributed by atoms with Crippen LogP contribution in [0.25, 0.3) is 49.7 Å². The minimum atomic E-state index is -0.172. The minimum Gasteiger partial charge on any atom is -0.310 e. The number of aromatic nitrogens is 1. The Balaban J connectivity index is 1.27. The Morgan fingerprint density at radius 1 is 0.420 bits per heavy atom. The van der Waals surface area contributed by atoms with Crippen LogP contribution in [0.2, 0.25) is 0 Å². The van der Waals surface area contributed by atoms with Gasteiger partial charge in [0, 0.05) is 38.7 Å². The van der Waals surface area contributed by atoms with Crippen LogP contribution >= 0.6 is 0 Å². The molecule has 0 amide bonds. The lowest BCUT2D eigenvalue weighted by Crippen LogP contribution is -2.21. The van der Waals surface area contributed by atoms with Crippen LogP contribution in [0.3, 0.4) is 0 Å². The topological polar surface area (TPSA) is 8.17 Å². The van der Waals surface area contributed by atoms with Gasteiger partial charge in [0.2, 0.25) is 0 Å². The SMILES string of the molecule is CC1(C)c2ccccc2-c2cc(N(c3ccc4c5ccccc5n(-c5ccccc5)c4c3)c3cccc4c3C(C)(C)c3ccccc3-4)ccc21. The lowest BCUT2D eigenvalue weighted by atomic mass is 9.81. The van der Waals surface area contributed by atoms with Gasteiger partial charge in [-0.15, -0.1) is 0 Å². The molecule has 0 radical (unpaired) electrons. The molecule has 0 fully saturated rings. The molecule has 0 N–H and O–H groups in total. The molecule has 0 aliphatic heterocycles. The molecule has 2 heteroatoms. The Kier molecular flexibility index (Phi) is 6.01. The van der Waals surface area contributed by atoms with Crippen LogP contribution in [0.5, 0.6) is 0 Å². The van der Waals surface area contributed by atoms with E-state index in [0.717, 1.165) is 17.1 Å². The predicted octanol–water partition coefficient (Wildman–Crippen LogP) is 12.9. The van der Waals surface area contributed by atoms with Gasteiger partial charge in [0.15, 0.2) is 0 Å². The fraction of sp³-hybridized carbons (Fsp3) is 0.125. The molecule has 1 aromatic heterocycles. The summed E-state index contributed by atoms with van der Waals surface area (Å²) in [6, 6.07) is 58.5. The summed E-state index contributed by atoms with van der Waals surface area (Å²) in [5, 5.41) is 2.52. The number of nitrogens with zero attached hydrogens (tertiary/aromatic N) is 2. The second kappa shape index (κ2) is 10.3. The van der Waals surface area contributed by atoms with E-state index >= 15 is 0 Å². The first-order chi connectivity index (χ1) is 24.3. The second-order valence-electron chi connectivity index (χ2n) is 15.0. The van der Waals surface area contributed by atoms with Crippen molar-refractivity contribution in [3.63, 3.8) is 0 Å². The first-order valence-corrected chi connectivity index (χ1v) is 17.7. The van der Waals surface area contributed by atoms with E-state index in [0.29, 0.717) is 0 Å². The van der Waals surface area contributed by atoms with Gasteiger partial charge < -0.3 is 9.47 Å². The summed E-state index contributed by atoms with van der Waals surface area (Å²) < 4.78 is 2.42. The van der Waals surface area contributed by atoms with E-state index in [1.165, 1.54) is 72.0 Å². The first-order valence-electron chi connectivity index (χ1n) is 17.7. The highest BCUT2D eigenvalue weighted by atomic mass is 15.1. The molecular formula is C48H38N2. The molecule has 0 spiro atoms. The second-order valence-corrected chi connectivity index (χ2v) is 15.0. The Morgan fingerprint density at radius 3 is 1.80 bits per heavy atom. The number of hydrogen-bond donors (Lipinski definition) is 0. The Bertz CT molecular complexity index is 2650. The van der Waals surface area contributed by atoms with Gasteiger partial charge in [0.05, 0.1) is 16.7 Å². The molecule has 240 valence electrons. The summed E-state index contributed by atoms with van der Waals surface area (Å²) in [6.07, 6.45) is 0. The van der Waals surface area contributed by atoms with Crippen molar-refractivity contribution in [1.82, 2.24) is 4.57 Å². The monoisotopic (exact) mass is 642 g/mol. The van der Waals surface area contributed by atoms with Crippen LogP contribution in [0, 0.1) is 0 Å². The van der Waals surface area contributed by atoms with E-state index in [-0.39, 0.29) is 10.8 Å². The van der Waals surface area contributed by atoms with Crippen molar-refractivity contribution in [2.24, 2.45) is 0 Å². The molecule has 0 saturated heterocycles. The molecule has 8 aromatic rings. The summed E-state index contributed by atoms with van der Waals surface area (Å²) >= 11 is 0. The molecule has 0 bridgehead atoms. The molecule has 2 nitrogen and oxygen atoms in total. The summed E-state index contributed by atoms with van der Waals surface area (Å²) in [5.74, 6) is 0. The molecule has 50 heavy (non-hydrogen) atoms. The van der Waals surface area contributed by atoms with E-state index in [2.05, 4.69) is 195 Å². The van der Waals surface area contributed by atoms with Crippen LogP contribution in [-0.2, 0) is 10.8 Å².